The molecule has 1 aliphatic rings. The molecule has 138 valence electrons. The van der Waals surface area contributed by atoms with E-state index in [2.05, 4.69) is 26.7 Å². The molecular formula is C21H22ClN5. The zero-order valence-electron chi connectivity index (χ0n) is 15.0. The maximum Gasteiger partial charge on any atom is 0.223 e. The third-order valence-electron chi connectivity index (χ3n) is 5.15. The summed E-state index contributed by atoms with van der Waals surface area (Å²) in [5.41, 5.74) is 2.90. The van der Waals surface area contributed by atoms with E-state index in [0.29, 0.717) is 12.5 Å². The van der Waals surface area contributed by atoms with Crippen LogP contribution in [0.4, 0.5) is 5.95 Å². The van der Waals surface area contributed by atoms with Crippen LogP contribution in [-0.2, 0) is 12.0 Å². The van der Waals surface area contributed by atoms with Crippen molar-refractivity contribution in [3.8, 4) is 0 Å². The van der Waals surface area contributed by atoms with E-state index in [1.807, 2.05) is 48.7 Å². The second-order valence-electron chi connectivity index (χ2n) is 6.75. The monoisotopic (exact) mass is 379 g/mol. The van der Waals surface area contributed by atoms with Gasteiger partial charge in [0.2, 0.25) is 5.95 Å². The minimum atomic E-state index is -0.200. The summed E-state index contributed by atoms with van der Waals surface area (Å²) in [4.78, 5) is 13.6. The number of anilines is 1. The average Bonchev–Trinajstić information content (AvgIpc) is 2.74. The van der Waals surface area contributed by atoms with Gasteiger partial charge >= 0.3 is 0 Å². The Kier molecular flexibility index (Phi) is 5.32. The Bertz CT molecular complexity index is 894. The van der Waals surface area contributed by atoms with Gasteiger partial charge in [-0.15, -0.1) is 0 Å². The van der Waals surface area contributed by atoms with E-state index < -0.39 is 0 Å². The Hall–Kier alpha value is -2.50. The predicted molar refractivity (Wildman–Crippen MR) is 108 cm³/mol. The van der Waals surface area contributed by atoms with Gasteiger partial charge in [-0.3, -0.25) is 4.98 Å². The number of pyridine rings is 1. The lowest BCUT2D eigenvalue weighted by atomic mass is 9.70. The fourth-order valence-electron chi connectivity index (χ4n) is 3.75. The van der Waals surface area contributed by atoms with Crippen molar-refractivity contribution in [3.63, 3.8) is 0 Å². The highest BCUT2D eigenvalue weighted by Crippen LogP contribution is 2.42. The standard InChI is InChI=1S/C21H22ClN5/c22-18-7-2-1-6-17(18)21(9-13-23-14-10-21)19-8-12-25-20(27-19)26-15-16-5-3-4-11-24-16/h1-8,11-12,23H,9-10,13-15H2,(H,25,26,27). The summed E-state index contributed by atoms with van der Waals surface area (Å²) in [7, 11) is 0. The van der Waals surface area contributed by atoms with Crippen LogP contribution < -0.4 is 10.6 Å². The van der Waals surface area contributed by atoms with E-state index in [4.69, 9.17) is 16.6 Å². The molecule has 2 aromatic heterocycles. The molecule has 0 amide bonds. The summed E-state index contributed by atoms with van der Waals surface area (Å²) in [6.07, 6.45) is 5.51. The summed E-state index contributed by atoms with van der Waals surface area (Å²) < 4.78 is 0. The van der Waals surface area contributed by atoms with Gasteiger partial charge in [-0.2, -0.15) is 0 Å². The molecule has 3 aromatic rings. The maximum absolute atomic E-state index is 6.59. The summed E-state index contributed by atoms with van der Waals surface area (Å²) in [5.74, 6) is 0.614. The van der Waals surface area contributed by atoms with Crippen molar-refractivity contribution in [1.29, 1.82) is 0 Å². The molecule has 5 nitrogen and oxygen atoms in total. The first kappa shape index (κ1) is 17.9. The van der Waals surface area contributed by atoms with Gasteiger partial charge in [0.25, 0.3) is 0 Å². The van der Waals surface area contributed by atoms with E-state index in [-0.39, 0.29) is 5.41 Å². The quantitative estimate of drug-likeness (QED) is 0.705. The van der Waals surface area contributed by atoms with E-state index in [9.17, 15) is 0 Å². The molecule has 3 heterocycles. The summed E-state index contributed by atoms with van der Waals surface area (Å²) >= 11 is 6.59. The Balaban J connectivity index is 1.66. The Morgan fingerprint density at radius 3 is 2.56 bits per heavy atom. The van der Waals surface area contributed by atoms with Crippen LogP contribution in [0.25, 0.3) is 0 Å². The molecular weight excluding hydrogens is 358 g/mol. The molecule has 1 aromatic carbocycles. The number of aromatic nitrogens is 3. The van der Waals surface area contributed by atoms with Crippen LogP contribution in [0.1, 0.15) is 29.8 Å². The van der Waals surface area contributed by atoms with Crippen molar-refractivity contribution in [2.75, 3.05) is 18.4 Å². The molecule has 0 atom stereocenters. The topological polar surface area (TPSA) is 62.7 Å². The second kappa shape index (κ2) is 8.03. The maximum atomic E-state index is 6.59. The Morgan fingerprint density at radius 1 is 0.963 bits per heavy atom. The van der Waals surface area contributed by atoms with Crippen molar-refractivity contribution >= 4 is 17.5 Å². The van der Waals surface area contributed by atoms with Gasteiger partial charge in [0.05, 0.1) is 17.9 Å². The molecule has 0 saturated carbocycles. The van der Waals surface area contributed by atoms with Gasteiger partial charge in [0.15, 0.2) is 0 Å². The molecule has 0 radical (unpaired) electrons. The van der Waals surface area contributed by atoms with Crippen LogP contribution >= 0.6 is 11.6 Å². The van der Waals surface area contributed by atoms with Crippen LogP contribution in [0, 0.1) is 0 Å². The van der Waals surface area contributed by atoms with Gasteiger partial charge in [0.1, 0.15) is 0 Å². The normalized spacial score (nSPS) is 16.0. The first-order valence-corrected chi connectivity index (χ1v) is 9.59. The van der Waals surface area contributed by atoms with Crippen molar-refractivity contribution in [1.82, 2.24) is 20.3 Å². The minimum absolute atomic E-state index is 0.200. The van der Waals surface area contributed by atoms with Crippen molar-refractivity contribution < 1.29 is 0 Å². The number of halogens is 1. The highest BCUT2D eigenvalue weighted by molar-refractivity contribution is 6.31. The lowest BCUT2D eigenvalue weighted by Gasteiger charge is -2.38. The minimum Gasteiger partial charge on any atom is -0.349 e. The number of nitrogens with one attached hydrogen (secondary N) is 2. The molecule has 0 bridgehead atoms. The van der Waals surface area contributed by atoms with E-state index in [1.165, 1.54) is 0 Å². The average molecular weight is 380 g/mol. The number of benzene rings is 1. The Labute approximate surface area is 164 Å². The van der Waals surface area contributed by atoms with Crippen LogP contribution in [0.15, 0.2) is 60.9 Å². The number of rotatable bonds is 5. The number of piperidine rings is 1. The summed E-state index contributed by atoms with van der Waals surface area (Å²) in [6, 6.07) is 16.0. The van der Waals surface area contributed by atoms with Crippen molar-refractivity contribution in [2.24, 2.45) is 0 Å². The number of hydrogen-bond donors (Lipinski definition) is 2. The zero-order chi connectivity index (χ0) is 18.5. The van der Waals surface area contributed by atoms with Crippen molar-refractivity contribution in [2.45, 2.75) is 24.8 Å². The van der Waals surface area contributed by atoms with Crippen LogP contribution in [0.3, 0.4) is 0 Å². The van der Waals surface area contributed by atoms with E-state index in [1.54, 1.807) is 6.20 Å². The lowest BCUT2D eigenvalue weighted by molar-refractivity contribution is 0.354. The molecule has 1 aliphatic heterocycles. The zero-order valence-corrected chi connectivity index (χ0v) is 15.8. The summed E-state index contributed by atoms with van der Waals surface area (Å²) in [6.45, 7) is 2.46. The Morgan fingerprint density at radius 2 is 1.78 bits per heavy atom. The van der Waals surface area contributed by atoms with E-state index >= 15 is 0 Å². The SMILES string of the molecule is Clc1ccccc1C1(c2ccnc(NCc3ccccn3)n2)CCNCC1. The largest absolute Gasteiger partial charge is 0.349 e. The second-order valence-corrected chi connectivity index (χ2v) is 7.16. The predicted octanol–water partition coefficient (Wildman–Crippen LogP) is 3.81. The van der Waals surface area contributed by atoms with Gasteiger partial charge in [0, 0.05) is 22.8 Å². The molecule has 6 heteroatoms. The number of hydrogen-bond acceptors (Lipinski definition) is 5. The third kappa shape index (κ3) is 3.80. The highest BCUT2D eigenvalue weighted by Gasteiger charge is 2.38. The van der Waals surface area contributed by atoms with Crippen LogP contribution in [0.2, 0.25) is 5.02 Å². The van der Waals surface area contributed by atoms with Gasteiger partial charge in [-0.1, -0.05) is 35.9 Å². The fraction of sp³-hybridized carbons (Fsp3) is 0.286. The molecule has 0 aliphatic carbocycles. The van der Waals surface area contributed by atoms with Gasteiger partial charge < -0.3 is 10.6 Å². The first-order chi connectivity index (χ1) is 13.3. The lowest BCUT2D eigenvalue weighted by Crippen LogP contribution is -2.41. The molecule has 0 unspecified atom stereocenters. The van der Waals surface area contributed by atoms with Gasteiger partial charge in [-0.05, 0) is 55.8 Å². The smallest absolute Gasteiger partial charge is 0.223 e. The molecule has 0 spiro atoms. The van der Waals surface area contributed by atoms with Crippen molar-refractivity contribution in [3.05, 3.63) is 82.9 Å². The number of nitrogens with zero attached hydrogens (tertiary/aromatic N) is 3. The van der Waals surface area contributed by atoms with Crippen LogP contribution in [-0.4, -0.2) is 28.0 Å². The summed E-state index contributed by atoms with van der Waals surface area (Å²) in [5, 5.41) is 7.53. The molecule has 4 rings (SSSR count). The molecule has 1 fully saturated rings. The molecule has 1 saturated heterocycles. The highest BCUT2D eigenvalue weighted by atomic mass is 35.5. The molecule has 2 N–H and O–H groups in total. The molecule has 27 heavy (non-hydrogen) atoms. The third-order valence-corrected chi connectivity index (χ3v) is 5.48. The van der Waals surface area contributed by atoms with Gasteiger partial charge in [-0.25, -0.2) is 9.97 Å². The first-order valence-electron chi connectivity index (χ1n) is 9.21. The van der Waals surface area contributed by atoms with E-state index in [0.717, 1.165) is 47.9 Å². The van der Waals surface area contributed by atoms with Crippen LogP contribution in [0.5, 0.6) is 0 Å². The fourth-order valence-corrected chi connectivity index (χ4v) is 4.07.